The maximum Gasteiger partial charge on any atom is 0.407 e. The lowest BCUT2D eigenvalue weighted by atomic mass is 9.82. The van der Waals surface area contributed by atoms with Crippen molar-refractivity contribution in [3.05, 3.63) is 65.6 Å². The number of carbonyl (C=O) groups is 1. The molecule has 1 aliphatic carbocycles. The van der Waals surface area contributed by atoms with Gasteiger partial charge >= 0.3 is 6.09 Å². The molecule has 1 amide bonds. The number of rotatable bonds is 7. The minimum Gasteiger partial charge on any atom is -0.495 e. The van der Waals surface area contributed by atoms with E-state index in [4.69, 9.17) is 9.47 Å². The van der Waals surface area contributed by atoms with E-state index in [9.17, 15) is 4.79 Å². The highest BCUT2D eigenvalue weighted by molar-refractivity contribution is 5.68. The smallest absolute Gasteiger partial charge is 0.407 e. The molecule has 0 aliphatic heterocycles. The van der Waals surface area contributed by atoms with Gasteiger partial charge in [-0.05, 0) is 82.4 Å². The van der Waals surface area contributed by atoms with Gasteiger partial charge in [0.15, 0.2) is 0 Å². The van der Waals surface area contributed by atoms with E-state index in [0.29, 0.717) is 12.5 Å². The molecule has 1 aromatic carbocycles. The molecule has 5 heteroatoms. The van der Waals surface area contributed by atoms with Crippen LogP contribution in [0.3, 0.4) is 0 Å². The Morgan fingerprint density at radius 2 is 2.10 bits per heavy atom. The zero-order chi connectivity index (χ0) is 22.3. The highest BCUT2D eigenvalue weighted by Crippen LogP contribution is 2.34. The summed E-state index contributed by atoms with van der Waals surface area (Å²) in [6.07, 6.45) is 8.54. The summed E-state index contributed by atoms with van der Waals surface area (Å²) in [4.78, 5) is 14.1. The van der Waals surface area contributed by atoms with Crippen LogP contribution in [0.1, 0.15) is 57.6 Å². The van der Waals surface area contributed by atoms with Crippen molar-refractivity contribution in [2.24, 2.45) is 0 Å². The molecular formula is C25H36N2O3. The van der Waals surface area contributed by atoms with Crippen molar-refractivity contribution in [1.82, 2.24) is 5.32 Å². The zero-order valence-electron chi connectivity index (χ0n) is 19.2. The lowest BCUT2D eigenvalue weighted by molar-refractivity contribution is 0.0523. The summed E-state index contributed by atoms with van der Waals surface area (Å²) in [6, 6.07) is 6.54. The minimum absolute atomic E-state index is 0.299. The number of likely N-dealkylation sites (N-methyl/N-ethyl adjacent to an activating group) is 1. The normalized spacial score (nSPS) is 17.1. The number of benzene rings is 1. The quantitative estimate of drug-likeness (QED) is 0.462. The first-order valence-corrected chi connectivity index (χ1v) is 10.6. The number of fused-ring (bicyclic) bond motifs is 1. The molecule has 0 heterocycles. The third-order valence-corrected chi connectivity index (χ3v) is 5.19. The molecular weight excluding hydrogens is 376 g/mol. The fourth-order valence-electron chi connectivity index (χ4n) is 3.79. The average molecular weight is 413 g/mol. The van der Waals surface area contributed by atoms with Crippen LogP contribution in [-0.4, -0.2) is 32.4 Å². The van der Waals surface area contributed by atoms with Gasteiger partial charge in [-0.2, -0.15) is 0 Å². The van der Waals surface area contributed by atoms with Gasteiger partial charge in [-0.15, -0.1) is 0 Å². The van der Waals surface area contributed by atoms with Gasteiger partial charge in [0.1, 0.15) is 11.4 Å². The number of allylic oxidation sites excluding steroid dienone is 3. The molecule has 0 aromatic heterocycles. The predicted molar refractivity (Wildman–Crippen MR) is 124 cm³/mol. The van der Waals surface area contributed by atoms with Crippen LogP contribution in [0.5, 0.6) is 0 Å². The standard InChI is InChI=1S/C25H36N2O3/c1-8-11-23(29-7)22(9-2)27(6)20-14-15-21-18(16-20)12-10-13-19(21)17-26-24(28)30-25(3,4)5/h8-9,11,14-16,19H,2,10,12-13,17H2,1,3-7H3,(H,26,28)/b11-8-,23-22-/t19-/m0/s1. The molecule has 164 valence electrons. The summed E-state index contributed by atoms with van der Waals surface area (Å²) >= 11 is 0. The monoisotopic (exact) mass is 412 g/mol. The first kappa shape index (κ1) is 23.6. The molecule has 2 rings (SSSR count). The van der Waals surface area contributed by atoms with Crippen LogP contribution in [0.15, 0.2) is 54.5 Å². The van der Waals surface area contributed by atoms with Crippen LogP contribution in [0.25, 0.3) is 0 Å². The molecule has 0 fully saturated rings. The first-order chi connectivity index (χ1) is 14.2. The number of methoxy groups -OCH3 is 1. The highest BCUT2D eigenvalue weighted by atomic mass is 16.6. The fraction of sp³-hybridized carbons (Fsp3) is 0.480. The number of hydrogen-bond donors (Lipinski definition) is 1. The minimum atomic E-state index is -0.488. The van der Waals surface area contributed by atoms with Crippen molar-refractivity contribution in [3.63, 3.8) is 0 Å². The van der Waals surface area contributed by atoms with Crippen molar-refractivity contribution >= 4 is 11.8 Å². The lowest BCUT2D eigenvalue weighted by Crippen LogP contribution is -2.35. The second-order valence-electron chi connectivity index (χ2n) is 8.57. The average Bonchev–Trinajstić information content (AvgIpc) is 2.70. The van der Waals surface area contributed by atoms with Crippen molar-refractivity contribution in [2.45, 2.75) is 58.5 Å². The number of alkyl carbamates (subject to hydrolysis) is 1. The second kappa shape index (κ2) is 10.4. The Bertz CT molecular complexity index is 818. The summed E-state index contributed by atoms with van der Waals surface area (Å²) in [5.74, 6) is 1.07. The molecule has 0 radical (unpaired) electrons. The van der Waals surface area contributed by atoms with Gasteiger partial charge in [-0.3, -0.25) is 0 Å². The molecule has 1 aromatic rings. The van der Waals surface area contributed by atoms with E-state index in [1.54, 1.807) is 7.11 Å². The van der Waals surface area contributed by atoms with Crippen LogP contribution in [0.2, 0.25) is 0 Å². The maximum absolute atomic E-state index is 12.0. The zero-order valence-corrected chi connectivity index (χ0v) is 19.2. The van der Waals surface area contributed by atoms with Crippen molar-refractivity contribution in [1.29, 1.82) is 0 Å². The molecule has 5 nitrogen and oxygen atoms in total. The summed E-state index contributed by atoms with van der Waals surface area (Å²) in [7, 11) is 3.69. The van der Waals surface area contributed by atoms with Crippen molar-refractivity contribution < 1.29 is 14.3 Å². The summed E-state index contributed by atoms with van der Waals surface area (Å²) < 4.78 is 10.9. The van der Waals surface area contributed by atoms with E-state index < -0.39 is 5.60 Å². The number of nitrogens with zero attached hydrogens (tertiary/aromatic N) is 1. The van der Waals surface area contributed by atoms with E-state index in [1.807, 2.05) is 53.0 Å². The Kier molecular flexibility index (Phi) is 8.16. The van der Waals surface area contributed by atoms with E-state index in [1.165, 1.54) is 11.1 Å². The second-order valence-corrected chi connectivity index (χ2v) is 8.57. The molecule has 1 atom stereocenters. The van der Waals surface area contributed by atoms with Crippen LogP contribution in [-0.2, 0) is 15.9 Å². The summed E-state index contributed by atoms with van der Waals surface area (Å²) in [5.41, 5.74) is 4.14. The molecule has 1 aliphatic rings. The highest BCUT2D eigenvalue weighted by Gasteiger charge is 2.23. The third-order valence-electron chi connectivity index (χ3n) is 5.19. The van der Waals surface area contributed by atoms with Gasteiger partial charge in [0.05, 0.1) is 12.8 Å². The number of aryl methyl sites for hydroxylation is 1. The summed E-state index contributed by atoms with van der Waals surface area (Å²) in [5, 5.41) is 2.93. The van der Waals surface area contributed by atoms with Gasteiger partial charge in [0.2, 0.25) is 0 Å². The van der Waals surface area contributed by atoms with Gasteiger partial charge < -0.3 is 19.7 Å². The number of ether oxygens (including phenoxy) is 2. The van der Waals surface area contributed by atoms with Crippen LogP contribution >= 0.6 is 0 Å². The van der Waals surface area contributed by atoms with Gasteiger partial charge in [0.25, 0.3) is 0 Å². The van der Waals surface area contributed by atoms with Crippen molar-refractivity contribution in [3.8, 4) is 0 Å². The number of nitrogens with one attached hydrogen (secondary N) is 1. The number of anilines is 1. The third kappa shape index (κ3) is 6.15. The Balaban J connectivity index is 2.20. The number of carbonyl (C=O) groups excluding carboxylic acids is 1. The van der Waals surface area contributed by atoms with Crippen LogP contribution < -0.4 is 10.2 Å². The van der Waals surface area contributed by atoms with Gasteiger partial charge in [-0.25, -0.2) is 4.79 Å². The van der Waals surface area contributed by atoms with E-state index in [0.717, 1.165) is 36.4 Å². The van der Waals surface area contributed by atoms with Gasteiger partial charge in [-0.1, -0.05) is 18.7 Å². The van der Waals surface area contributed by atoms with Gasteiger partial charge in [0, 0.05) is 25.2 Å². The molecule has 1 N–H and O–H groups in total. The van der Waals surface area contributed by atoms with Crippen LogP contribution in [0.4, 0.5) is 10.5 Å². The first-order valence-electron chi connectivity index (χ1n) is 10.6. The van der Waals surface area contributed by atoms with Crippen molar-refractivity contribution in [2.75, 3.05) is 25.6 Å². The van der Waals surface area contributed by atoms with E-state index >= 15 is 0 Å². The molecule has 0 saturated heterocycles. The summed E-state index contributed by atoms with van der Waals surface area (Å²) in [6.45, 7) is 12.1. The van der Waals surface area contributed by atoms with Crippen LogP contribution in [0, 0.1) is 0 Å². The Morgan fingerprint density at radius 3 is 2.70 bits per heavy atom. The molecule has 0 spiro atoms. The molecule has 30 heavy (non-hydrogen) atoms. The molecule has 0 bridgehead atoms. The largest absolute Gasteiger partial charge is 0.495 e. The maximum atomic E-state index is 12.0. The molecule has 0 saturated carbocycles. The van der Waals surface area contributed by atoms with E-state index in [2.05, 4.69) is 35.0 Å². The van der Waals surface area contributed by atoms with E-state index in [-0.39, 0.29) is 6.09 Å². The number of hydrogen-bond acceptors (Lipinski definition) is 4. The predicted octanol–water partition coefficient (Wildman–Crippen LogP) is 5.69. The SMILES string of the molecule is C=C/C(=C(\C=C/C)OC)N(C)c1ccc2c(c1)CCC[C@H]2CNC(=O)OC(C)(C)C. The Hall–Kier alpha value is -2.69. The lowest BCUT2D eigenvalue weighted by Gasteiger charge is -2.29. The topological polar surface area (TPSA) is 50.8 Å². The molecule has 0 unspecified atom stereocenters. The Morgan fingerprint density at radius 1 is 1.37 bits per heavy atom. The number of amides is 1. The fourth-order valence-corrected chi connectivity index (χ4v) is 3.79. The Labute approximate surface area is 181 Å².